The number of anilines is 1. The van der Waals surface area contributed by atoms with Crippen LogP contribution in [0.4, 0.5) is 5.82 Å². The number of carbonyl (C=O) groups is 2. The highest BCUT2D eigenvalue weighted by molar-refractivity contribution is 7.56. The van der Waals surface area contributed by atoms with Gasteiger partial charge in [-0.1, -0.05) is 0 Å². The van der Waals surface area contributed by atoms with Gasteiger partial charge in [0, 0.05) is 0 Å². The molecule has 3 atom stereocenters. The Balaban J connectivity index is 2.14. The van der Waals surface area contributed by atoms with Crippen molar-refractivity contribution in [2.24, 2.45) is 0 Å². The number of carboxylic acids is 1. The molecule has 4 N–H and O–H groups in total. The fourth-order valence-electron chi connectivity index (χ4n) is 3.08. The van der Waals surface area contributed by atoms with Gasteiger partial charge in [0.15, 0.2) is 11.5 Å². The van der Waals surface area contributed by atoms with Gasteiger partial charge in [0.05, 0.1) is 37.6 Å². The van der Waals surface area contributed by atoms with E-state index < -0.39 is 43.6 Å². The molecule has 0 spiro atoms. The summed E-state index contributed by atoms with van der Waals surface area (Å²) in [4.78, 5) is 35.8. The van der Waals surface area contributed by atoms with Crippen LogP contribution in [-0.4, -0.2) is 66.8 Å². The van der Waals surface area contributed by atoms with E-state index in [1.54, 1.807) is 31.7 Å². The van der Waals surface area contributed by atoms with Crippen LogP contribution in [0.3, 0.4) is 0 Å². The minimum Gasteiger partial charge on any atom is -0.481 e. The molecule has 0 aromatic carbocycles. The van der Waals surface area contributed by atoms with Crippen molar-refractivity contribution >= 4 is 36.4 Å². The molecule has 3 unspecified atom stereocenters. The summed E-state index contributed by atoms with van der Waals surface area (Å²) < 4.78 is 32.0. The summed E-state index contributed by atoms with van der Waals surface area (Å²) in [5.41, 5.74) is 5.40. The predicted octanol–water partition coefficient (Wildman–Crippen LogP) is 2.16. The molecule has 0 radical (unpaired) electrons. The van der Waals surface area contributed by atoms with E-state index in [2.05, 4.69) is 20.0 Å². The van der Waals surface area contributed by atoms with Crippen LogP contribution in [0.25, 0.3) is 11.2 Å². The van der Waals surface area contributed by atoms with Gasteiger partial charge < -0.3 is 29.4 Å². The molecule has 0 amide bonds. The molecular weight excluding hydrogens is 467 g/mol. The number of carbonyl (C=O) groups excluding carboxylic acids is 1. The minimum atomic E-state index is -3.86. The van der Waals surface area contributed by atoms with Crippen LogP contribution in [0.2, 0.25) is 0 Å². The van der Waals surface area contributed by atoms with E-state index in [-0.39, 0.29) is 18.3 Å². The fourth-order valence-corrected chi connectivity index (χ4v) is 5.31. The van der Waals surface area contributed by atoms with E-state index in [0.29, 0.717) is 17.7 Å². The summed E-state index contributed by atoms with van der Waals surface area (Å²) in [5.74, 6) is -1.49. The molecule has 2 rings (SSSR count). The number of ether oxygens (including phenoxy) is 2. The van der Waals surface area contributed by atoms with Gasteiger partial charge in [0.1, 0.15) is 23.7 Å². The Bertz CT molecular complexity index is 1060. The zero-order valence-corrected chi connectivity index (χ0v) is 21.1. The van der Waals surface area contributed by atoms with Crippen molar-refractivity contribution in [2.45, 2.75) is 78.4 Å². The van der Waals surface area contributed by atoms with Crippen molar-refractivity contribution in [2.75, 3.05) is 12.1 Å². The third kappa shape index (κ3) is 7.73. The summed E-state index contributed by atoms with van der Waals surface area (Å²) in [6.45, 7) is 9.93. The van der Waals surface area contributed by atoms with E-state index >= 15 is 0 Å². The Kier molecular flexibility index (Phi) is 9.12. The topological polar surface area (TPSA) is 181 Å². The first-order valence-corrected chi connectivity index (χ1v) is 12.6. The number of hydrogen-bond acceptors (Lipinski definition) is 10. The second kappa shape index (κ2) is 11.2. The van der Waals surface area contributed by atoms with Crippen molar-refractivity contribution in [1.82, 2.24) is 24.6 Å². The van der Waals surface area contributed by atoms with Crippen LogP contribution < -0.4 is 10.8 Å². The molecule has 13 nitrogen and oxygen atoms in total. The predicted molar refractivity (Wildman–Crippen MR) is 124 cm³/mol. The van der Waals surface area contributed by atoms with Crippen LogP contribution in [0, 0.1) is 0 Å². The SMILES string of the molecule is CC(C)OC(=O)C(C)(C)NP(=O)(COC(C)Cn1cnc2c(N)ncnc21)OC(C)CC(=O)O. The Labute approximate surface area is 197 Å². The molecule has 0 fully saturated rings. The first-order valence-electron chi connectivity index (χ1n) is 10.7. The second-order valence-electron chi connectivity index (χ2n) is 8.81. The summed E-state index contributed by atoms with van der Waals surface area (Å²) in [6, 6.07) is 0. The third-order valence-electron chi connectivity index (χ3n) is 4.53. The third-order valence-corrected chi connectivity index (χ3v) is 6.62. The lowest BCUT2D eigenvalue weighted by Gasteiger charge is -2.32. The maximum Gasteiger partial charge on any atom is 0.326 e. The number of carboxylic acid groups (broad SMARTS) is 1. The van der Waals surface area contributed by atoms with Crippen molar-refractivity contribution in [1.29, 1.82) is 0 Å². The van der Waals surface area contributed by atoms with Gasteiger partial charge in [-0.25, -0.2) is 20.0 Å². The first kappa shape index (κ1) is 27.6. The van der Waals surface area contributed by atoms with Gasteiger partial charge in [-0.15, -0.1) is 0 Å². The maximum absolute atomic E-state index is 13.7. The average Bonchev–Trinajstić information content (AvgIpc) is 3.09. The van der Waals surface area contributed by atoms with E-state index in [4.69, 9.17) is 24.8 Å². The van der Waals surface area contributed by atoms with Gasteiger partial charge in [-0.05, 0) is 41.5 Å². The number of nitrogen functional groups attached to an aromatic ring is 1. The molecule has 2 aromatic rings. The number of imidazole rings is 1. The molecule has 0 bridgehead atoms. The molecule has 34 heavy (non-hydrogen) atoms. The van der Waals surface area contributed by atoms with Crippen molar-refractivity contribution in [3.8, 4) is 0 Å². The molecule has 0 aliphatic rings. The molecule has 0 aliphatic heterocycles. The molecule has 2 aromatic heterocycles. The molecule has 0 aliphatic carbocycles. The minimum absolute atomic E-state index is 0.252. The molecule has 0 saturated heterocycles. The summed E-state index contributed by atoms with van der Waals surface area (Å²) in [7, 11) is -3.86. The Morgan fingerprint density at radius 3 is 2.50 bits per heavy atom. The first-order chi connectivity index (χ1) is 15.7. The van der Waals surface area contributed by atoms with Crippen LogP contribution >= 0.6 is 7.52 Å². The number of aliphatic carboxylic acids is 1. The molecule has 190 valence electrons. The van der Waals surface area contributed by atoms with E-state index in [1.807, 2.05) is 0 Å². The lowest BCUT2D eigenvalue weighted by Crippen LogP contribution is -2.48. The number of aromatic nitrogens is 4. The van der Waals surface area contributed by atoms with Gasteiger partial charge in [-0.2, -0.15) is 0 Å². The van der Waals surface area contributed by atoms with E-state index in [1.165, 1.54) is 27.1 Å². The largest absolute Gasteiger partial charge is 0.481 e. The Morgan fingerprint density at radius 1 is 1.21 bits per heavy atom. The number of fused-ring (bicyclic) bond motifs is 1. The van der Waals surface area contributed by atoms with E-state index in [0.717, 1.165) is 0 Å². The number of hydrogen-bond donors (Lipinski definition) is 3. The number of nitrogens with one attached hydrogen (secondary N) is 1. The second-order valence-corrected chi connectivity index (χ2v) is 10.9. The number of esters is 1. The number of rotatable bonds is 13. The molecular formula is C20H33N6O7P. The normalized spacial score (nSPS) is 15.7. The van der Waals surface area contributed by atoms with Crippen LogP contribution in [0.5, 0.6) is 0 Å². The highest BCUT2D eigenvalue weighted by Gasteiger charge is 2.40. The van der Waals surface area contributed by atoms with Gasteiger partial charge in [-0.3, -0.25) is 14.2 Å². The quantitative estimate of drug-likeness (QED) is 0.270. The monoisotopic (exact) mass is 500 g/mol. The lowest BCUT2D eigenvalue weighted by molar-refractivity contribution is -0.153. The molecule has 2 heterocycles. The Hall–Kier alpha value is -2.60. The number of nitrogens with zero attached hydrogens (tertiary/aromatic N) is 4. The summed E-state index contributed by atoms with van der Waals surface area (Å²) in [6.07, 6.45) is 0.329. The van der Waals surface area contributed by atoms with Crippen molar-refractivity contribution in [3.63, 3.8) is 0 Å². The standard InChI is InChI=1S/C20H33N6O7P/c1-12(2)32-19(29)20(5,6)25-34(30,33-13(3)7-15(27)28)11-31-14(4)8-26-10-24-16-17(21)22-9-23-18(16)26/h9-10,12-14H,7-8,11H2,1-6H3,(H,25,30)(H,27,28)(H2,21,22,23). The van der Waals surface area contributed by atoms with Crippen molar-refractivity contribution < 1.29 is 33.3 Å². The van der Waals surface area contributed by atoms with Gasteiger partial charge >= 0.3 is 11.9 Å². The highest BCUT2D eigenvalue weighted by atomic mass is 31.2. The maximum atomic E-state index is 13.7. The smallest absolute Gasteiger partial charge is 0.326 e. The van der Waals surface area contributed by atoms with E-state index in [9.17, 15) is 14.2 Å². The zero-order chi connectivity index (χ0) is 25.7. The average molecular weight is 500 g/mol. The van der Waals surface area contributed by atoms with Gasteiger partial charge in [0.2, 0.25) is 0 Å². The van der Waals surface area contributed by atoms with Crippen LogP contribution in [0.1, 0.15) is 48.0 Å². The zero-order valence-electron chi connectivity index (χ0n) is 20.2. The molecule has 0 saturated carbocycles. The Morgan fingerprint density at radius 2 is 1.88 bits per heavy atom. The fraction of sp³-hybridized carbons (Fsp3) is 0.650. The number of nitrogens with two attached hydrogens (primary N) is 1. The van der Waals surface area contributed by atoms with Crippen LogP contribution in [-0.2, 0) is 34.7 Å². The molecule has 14 heteroatoms. The van der Waals surface area contributed by atoms with Crippen LogP contribution in [0.15, 0.2) is 12.7 Å². The summed E-state index contributed by atoms with van der Waals surface area (Å²) in [5, 5.41) is 11.8. The van der Waals surface area contributed by atoms with Gasteiger partial charge in [0.25, 0.3) is 7.52 Å². The highest BCUT2D eigenvalue weighted by Crippen LogP contribution is 2.46. The van der Waals surface area contributed by atoms with Crippen molar-refractivity contribution in [3.05, 3.63) is 12.7 Å². The lowest BCUT2D eigenvalue weighted by atomic mass is 10.1. The summed E-state index contributed by atoms with van der Waals surface area (Å²) >= 11 is 0.